The van der Waals surface area contributed by atoms with Crippen molar-refractivity contribution in [3.05, 3.63) is 181 Å². The monoisotopic (exact) mass is 662 g/mol. The van der Waals surface area contributed by atoms with E-state index in [-0.39, 0.29) is 0 Å². The molecule has 0 radical (unpaired) electrons. The van der Waals surface area contributed by atoms with E-state index in [9.17, 15) is 8.78 Å². The molecule has 0 amide bonds. The average Bonchev–Trinajstić information content (AvgIpc) is 3.53. The molecule has 51 heavy (non-hydrogen) atoms. The highest BCUT2D eigenvalue weighted by Gasteiger charge is 2.21. The van der Waals surface area contributed by atoms with E-state index in [2.05, 4.69) is 53.1 Å². The highest BCUT2D eigenvalue weighted by molar-refractivity contribution is 6.11. The third-order valence-corrected chi connectivity index (χ3v) is 9.21. The number of halogens is 2. The highest BCUT2D eigenvalue weighted by Crippen LogP contribution is 2.39. The Hall–Kier alpha value is -6.79. The summed E-state index contributed by atoms with van der Waals surface area (Å²) in [6.07, 6.45) is 0. The minimum absolute atomic E-state index is 0.453. The van der Waals surface area contributed by atoms with Crippen molar-refractivity contribution in [2.24, 2.45) is 0 Å². The standard InChI is InChI=1S/C45H28F2N4/c46-38-23-20-34(28-39(38)47)33-22-25-42(51-40-19-11-10-18-35(40)36-26-32(21-24-41(36)51)29-12-4-1-5-13-29)37(27-33)45-49-43(30-14-6-2-7-15-30)48-44(50-45)31-16-8-3-9-17-31/h1-28H. The van der Waals surface area contributed by atoms with Crippen LogP contribution in [0.1, 0.15) is 0 Å². The first-order valence-electron chi connectivity index (χ1n) is 16.7. The number of fused-ring (bicyclic) bond motifs is 3. The maximum atomic E-state index is 14.6. The molecular formula is C45H28F2N4. The Bertz CT molecular complexity index is 2650. The van der Waals surface area contributed by atoms with E-state index in [1.807, 2.05) is 103 Å². The Morgan fingerprint density at radius 1 is 0.353 bits per heavy atom. The first-order chi connectivity index (χ1) is 25.1. The zero-order valence-corrected chi connectivity index (χ0v) is 27.2. The molecule has 0 spiro atoms. The molecule has 0 bridgehead atoms. The van der Waals surface area contributed by atoms with Crippen molar-refractivity contribution in [3.8, 4) is 62.1 Å². The van der Waals surface area contributed by atoms with Crippen molar-refractivity contribution in [3.63, 3.8) is 0 Å². The summed E-state index contributed by atoms with van der Waals surface area (Å²) in [4.78, 5) is 15.1. The molecule has 0 fully saturated rings. The summed E-state index contributed by atoms with van der Waals surface area (Å²) < 4.78 is 30.8. The van der Waals surface area contributed by atoms with Gasteiger partial charge in [-0.2, -0.15) is 0 Å². The van der Waals surface area contributed by atoms with Gasteiger partial charge >= 0.3 is 0 Å². The van der Waals surface area contributed by atoms with Gasteiger partial charge in [0.25, 0.3) is 0 Å². The lowest BCUT2D eigenvalue weighted by molar-refractivity contribution is 0.509. The molecule has 0 saturated heterocycles. The fourth-order valence-electron chi connectivity index (χ4n) is 6.74. The van der Waals surface area contributed by atoms with E-state index in [1.165, 1.54) is 6.07 Å². The number of rotatable bonds is 6. The molecule has 0 N–H and O–H groups in total. The summed E-state index contributed by atoms with van der Waals surface area (Å²) >= 11 is 0. The van der Waals surface area contributed by atoms with Crippen LogP contribution in [-0.2, 0) is 0 Å². The molecule has 9 aromatic rings. The molecule has 6 heteroatoms. The summed E-state index contributed by atoms with van der Waals surface area (Å²) in [5, 5.41) is 2.21. The van der Waals surface area contributed by atoms with Crippen LogP contribution in [0.5, 0.6) is 0 Å². The number of hydrogen-bond acceptors (Lipinski definition) is 3. The van der Waals surface area contributed by atoms with Crippen LogP contribution in [0.2, 0.25) is 0 Å². The second kappa shape index (κ2) is 12.6. The van der Waals surface area contributed by atoms with Crippen molar-refractivity contribution >= 4 is 21.8 Å². The molecule has 0 saturated carbocycles. The lowest BCUT2D eigenvalue weighted by Gasteiger charge is -2.16. The molecular weight excluding hydrogens is 635 g/mol. The van der Waals surface area contributed by atoms with Crippen molar-refractivity contribution in [1.82, 2.24) is 19.5 Å². The van der Waals surface area contributed by atoms with Crippen LogP contribution in [0, 0.1) is 11.6 Å². The van der Waals surface area contributed by atoms with Crippen LogP contribution in [0.3, 0.4) is 0 Å². The quantitative estimate of drug-likeness (QED) is 0.178. The van der Waals surface area contributed by atoms with Gasteiger partial charge in [-0.05, 0) is 64.7 Å². The van der Waals surface area contributed by atoms with Crippen molar-refractivity contribution in [1.29, 1.82) is 0 Å². The van der Waals surface area contributed by atoms with E-state index in [4.69, 9.17) is 15.0 Å². The first-order valence-corrected chi connectivity index (χ1v) is 16.7. The Morgan fingerprint density at radius 2 is 0.863 bits per heavy atom. The van der Waals surface area contributed by atoms with Crippen molar-refractivity contribution in [2.45, 2.75) is 0 Å². The molecule has 4 nitrogen and oxygen atoms in total. The van der Waals surface area contributed by atoms with Gasteiger partial charge in [0.05, 0.1) is 16.7 Å². The van der Waals surface area contributed by atoms with Crippen molar-refractivity contribution < 1.29 is 8.78 Å². The Morgan fingerprint density at radius 3 is 1.53 bits per heavy atom. The van der Waals surface area contributed by atoms with E-state index in [0.717, 1.165) is 55.8 Å². The summed E-state index contributed by atoms with van der Waals surface area (Å²) in [6, 6.07) is 54.7. The summed E-state index contributed by atoms with van der Waals surface area (Å²) in [6.45, 7) is 0. The Labute approximate surface area is 293 Å². The van der Waals surface area contributed by atoms with Gasteiger partial charge in [0.1, 0.15) is 0 Å². The van der Waals surface area contributed by atoms with Crippen LogP contribution in [0.25, 0.3) is 83.9 Å². The zero-order chi connectivity index (χ0) is 34.3. The highest BCUT2D eigenvalue weighted by atomic mass is 19.2. The molecule has 2 heterocycles. The molecule has 9 rings (SSSR count). The third-order valence-electron chi connectivity index (χ3n) is 9.21. The Kier molecular flexibility index (Phi) is 7.47. The fraction of sp³-hybridized carbons (Fsp3) is 0. The van der Waals surface area contributed by atoms with Crippen LogP contribution in [0.4, 0.5) is 8.78 Å². The molecule has 2 aromatic heterocycles. The number of nitrogens with zero attached hydrogens (tertiary/aromatic N) is 4. The van der Waals surface area contributed by atoms with E-state index in [1.54, 1.807) is 6.07 Å². The topological polar surface area (TPSA) is 43.6 Å². The van der Waals surface area contributed by atoms with Crippen LogP contribution in [0.15, 0.2) is 170 Å². The largest absolute Gasteiger partial charge is 0.309 e. The number of hydrogen-bond donors (Lipinski definition) is 0. The van der Waals surface area contributed by atoms with Crippen LogP contribution in [-0.4, -0.2) is 19.5 Å². The first kappa shape index (κ1) is 30.3. The summed E-state index contributed by atoms with van der Waals surface area (Å²) in [5.74, 6) is -0.299. The van der Waals surface area contributed by atoms with Gasteiger partial charge in [-0.25, -0.2) is 23.7 Å². The fourth-order valence-corrected chi connectivity index (χ4v) is 6.74. The van der Waals surface area contributed by atoms with Gasteiger partial charge < -0.3 is 4.57 Å². The van der Waals surface area contributed by atoms with E-state index >= 15 is 0 Å². The molecule has 0 aliphatic heterocycles. The number of aromatic nitrogens is 4. The maximum Gasteiger partial charge on any atom is 0.166 e. The van der Waals surface area contributed by atoms with Gasteiger partial charge in [-0.1, -0.05) is 127 Å². The van der Waals surface area contributed by atoms with E-state index in [0.29, 0.717) is 34.2 Å². The predicted octanol–water partition coefficient (Wildman–Crippen LogP) is 11.6. The lowest BCUT2D eigenvalue weighted by atomic mass is 10.0. The molecule has 242 valence electrons. The number of para-hydroxylation sites is 1. The van der Waals surface area contributed by atoms with Gasteiger partial charge in [0, 0.05) is 27.5 Å². The van der Waals surface area contributed by atoms with Gasteiger partial charge in [-0.15, -0.1) is 0 Å². The maximum absolute atomic E-state index is 14.6. The summed E-state index contributed by atoms with van der Waals surface area (Å²) in [5.41, 5.74) is 8.77. The zero-order valence-electron chi connectivity index (χ0n) is 27.2. The molecule has 0 aliphatic rings. The van der Waals surface area contributed by atoms with Gasteiger partial charge in [-0.3, -0.25) is 0 Å². The molecule has 0 atom stereocenters. The van der Waals surface area contributed by atoms with Gasteiger partial charge in [0.2, 0.25) is 0 Å². The van der Waals surface area contributed by atoms with E-state index < -0.39 is 11.6 Å². The minimum atomic E-state index is -0.910. The summed E-state index contributed by atoms with van der Waals surface area (Å²) in [7, 11) is 0. The predicted molar refractivity (Wildman–Crippen MR) is 201 cm³/mol. The van der Waals surface area contributed by atoms with Gasteiger partial charge in [0.15, 0.2) is 29.1 Å². The van der Waals surface area contributed by atoms with Crippen LogP contribution >= 0.6 is 0 Å². The molecule has 0 aliphatic carbocycles. The second-order valence-corrected chi connectivity index (χ2v) is 12.3. The second-order valence-electron chi connectivity index (χ2n) is 12.3. The molecule has 0 unspecified atom stereocenters. The number of benzene rings is 7. The smallest absolute Gasteiger partial charge is 0.166 e. The van der Waals surface area contributed by atoms with Crippen molar-refractivity contribution in [2.75, 3.05) is 0 Å². The minimum Gasteiger partial charge on any atom is -0.309 e. The lowest BCUT2D eigenvalue weighted by Crippen LogP contribution is -2.04. The normalized spacial score (nSPS) is 11.3. The SMILES string of the molecule is Fc1ccc(-c2ccc(-n3c4ccccc4c4cc(-c5ccccc5)ccc43)c(-c3nc(-c4ccccc4)nc(-c4ccccc4)n3)c2)cc1F. The Balaban J connectivity index is 1.34. The third kappa shape index (κ3) is 5.53. The molecule has 7 aromatic carbocycles. The average molecular weight is 663 g/mol. The van der Waals surface area contributed by atoms with Crippen LogP contribution < -0.4 is 0 Å².